The summed E-state index contributed by atoms with van der Waals surface area (Å²) in [5.41, 5.74) is 0.887. The molecule has 1 rings (SSSR count). The summed E-state index contributed by atoms with van der Waals surface area (Å²) in [5, 5.41) is 3.28. The van der Waals surface area contributed by atoms with Crippen molar-refractivity contribution >= 4 is 11.8 Å². The first-order valence-electron chi connectivity index (χ1n) is 6.42. The second-order valence-electron chi connectivity index (χ2n) is 4.01. The van der Waals surface area contributed by atoms with Crippen molar-refractivity contribution in [3.8, 4) is 5.75 Å². The van der Waals surface area contributed by atoms with Gasteiger partial charge < -0.3 is 10.1 Å². The van der Waals surface area contributed by atoms with Crippen LogP contribution in [0.5, 0.6) is 5.75 Å². The third-order valence-corrected chi connectivity index (χ3v) is 3.50. The van der Waals surface area contributed by atoms with Crippen LogP contribution in [0, 0.1) is 5.82 Å². The zero-order chi connectivity index (χ0) is 13.4. The molecule has 0 saturated carbocycles. The van der Waals surface area contributed by atoms with Crippen LogP contribution in [0.15, 0.2) is 18.2 Å². The van der Waals surface area contributed by atoms with Crippen molar-refractivity contribution in [2.24, 2.45) is 0 Å². The number of rotatable bonds is 8. The van der Waals surface area contributed by atoms with Gasteiger partial charge in [-0.25, -0.2) is 4.39 Å². The average Bonchev–Trinajstić information content (AvgIpc) is 2.36. The summed E-state index contributed by atoms with van der Waals surface area (Å²) in [5.74, 6) is 2.61. The van der Waals surface area contributed by atoms with Gasteiger partial charge in [0.05, 0.1) is 6.61 Å². The summed E-state index contributed by atoms with van der Waals surface area (Å²) >= 11 is 1.84. The van der Waals surface area contributed by atoms with E-state index in [1.54, 1.807) is 12.1 Å². The lowest BCUT2D eigenvalue weighted by molar-refractivity contribution is 0.335. The molecule has 1 atom stereocenters. The molecule has 0 bridgehead atoms. The predicted molar refractivity (Wildman–Crippen MR) is 77.0 cm³/mol. The molecule has 0 spiro atoms. The van der Waals surface area contributed by atoms with E-state index in [0.29, 0.717) is 6.61 Å². The summed E-state index contributed by atoms with van der Waals surface area (Å²) < 4.78 is 19.0. The molecule has 2 nitrogen and oxygen atoms in total. The fraction of sp³-hybridized carbons (Fsp3) is 0.571. The number of benzene rings is 1. The van der Waals surface area contributed by atoms with Gasteiger partial charge in [-0.05, 0) is 37.4 Å². The van der Waals surface area contributed by atoms with Crippen molar-refractivity contribution in [3.05, 3.63) is 29.6 Å². The maximum absolute atomic E-state index is 13.3. The van der Waals surface area contributed by atoms with Crippen LogP contribution in [0.25, 0.3) is 0 Å². The van der Waals surface area contributed by atoms with E-state index in [1.807, 2.05) is 25.6 Å². The Morgan fingerprint density at radius 1 is 1.39 bits per heavy atom. The van der Waals surface area contributed by atoms with Gasteiger partial charge in [-0.1, -0.05) is 13.8 Å². The highest BCUT2D eigenvalue weighted by atomic mass is 32.2. The van der Waals surface area contributed by atoms with Gasteiger partial charge in [0.25, 0.3) is 0 Å². The standard InChI is InChI=1S/C14H22FNOS/c1-4-16-11(3)13-10-12(15)6-7-14(13)17-8-9-18-5-2/h6-7,10-11,16H,4-5,8-9H2,1-3H3. The Kier molecular flexibility index (Phi) is 7.13. The maximum atomic E-state index is 13.3. The highest BCUT2D eigenvalue weighted by Gasteiger charge is 2.12. The quantitative estimate of drug-likeness (QED) is 0.730. The van der Waals surface area contributed by atoms with Crippen LogP contribution in [0.3, 0.4) is 0 Å². The summed E-state index contributed by atoms with van der Waals surface area (Å²) in [6.07, 6.45) is 0. The lowest BCUT2D eigenvalue weighted by Gasteiger charge is -2.17. The first-order valence-corrected chi connectivity index (χ1v) is 7.57. The van der Waals surface area contributed by atoms with Crippen molar-refractivity contribution in [2.75, 3.05) is 24.7 Å². The first kappa shape index (κ1) is 15.3. The highest BCUT2D eigenvalue weighted by Crippen LogP contribution is 2.26. The van der Waals surface area contributed by atoms with Crippen molar-refractivity contribution in [2.45, 2.75) is 26.8 Å². The van der Waals surface area contributed by atoms with Crippen LogP contribution in [0.1, 0.15) is 32.4 Å². The Morgan fingerprint density at radius 2 is 2.17 bits per heavy atom. The van der Waals surface area contributed by atoms with Crippen LogP contribution >= 0.6 is 11.8 Å². The van der Waals surface area contributed by atoms with Gasteiger partial charge in [0.1, 0.15) is 11.6 Å². The molecule has 1 aromatic rings. The maximum Gasteiger partial charge on any atom is 0.124 e. The Balaban J connectivity index is 2.70. The monoisotopic (exact) mass is 271 g/mol. The lowest BCUT2D eigenvalue weighted by Crippen LogP contribution is -2.19. The first-order chi connectivity index (χ1) is 8.69. The molecule has 0 amide bonds. The molecule has 1 N–H and O–H groups in total. The van der Waals surface area contributed by atoms with E-state index in [4.69, 9.17) is 4.74 Å². The fourth-order valence-corrected chi connectivity index (χ4v) is 2.25. The van der Waals surface area contributed by atoms with Gasteiger partial charge in [0.15, 0.2) is 0 Å². The normalized spacial score (nSPS) is 12.4. The molecule has 0 aliphatic rings. The molecule has 0 fully saturated rings. The molecule has 102 valence electrons. The Hall–Kier alpha value is -0.740. The van der Waals surface area contributed by atoms with Gasteiger partial charge >= 0.3 is 0 Å². The van der Waals surface area contributed by atoms with Crippen LogP contribution in [-0.2, 0) is 0 Å². The minimum absolute atomic E-state index is 0.0968. The van der Waals surface area contributed by atoms with Crippen LogP contribution in [-0.4, -0.2) is 24.7 Å². The van der Waals surface area contributed by atoms with Gasteiger partial charge in [-0.3, -0.25) is 0 Å². The van der Waals surface area contributed by atoms with Gasteiger partial charge in [0.2, 0.25) is 0 Å². The second kappa shape index (κ2) is 8.38. The Bertz CT molecular complexity index is 360. The number of thioether (sulfide) groups is 1. The SMILES string of the molecule is CCNC(C)c1cc(F)ccc1OCCSCC. The zero-order valence-electron chi connectivity index (χ0n) is 11.3. The summed E-state index contributed by atoms with van der Waals surface area (Å²) in [6.45, 7) is 7.69. The van der Waals surface area contributed by atoms with E-state index in [9.17, 15) is 4.39 Å². The number of nitrogens with one attached hydrogen (secondary N) is 1. The molecule has 0 saturated heterocycles. The zero-order valence-corrected chi connectivity index (χ0v) is 12.1. The third kappa shape index (κ3) is 4.86. The number of halogens is 1. The fourth-order valence-electron chi connectivity index (χ4n) is 1.76. The molecule has 18 heavy (non-hydrogen) atoms. The smallest absolute Gasteiger partial charge is 0.124 e. The molecule has 0 radical (unpaired) electrons. The summed E-state index contributed by atoms with van der Waals surface area (Å²) in [7, 11) is 0. The molecule has 1 aromatic carbocycles. The predicted octanol–water partition coefficient (Wildman–Crippen LogP) is 3.63. The molecule has 0 aromatic heterocycles. The minimum Gasteiger partial charge on any atom is -0.492 e. The topological polar surface area (TPSA) is 21.3 Å². The van der Waals surface area contributed by atoms with Crippen molar-refractivity contribution in [3.63, 3.8) is 0 Å². The number of hydrogen-bond donors (Lipinski definition) is 1. The van der Waals surface area contributed by atoms with Gasteiger partial charge in [-0.15, -0.1) is 0 Å². The summed E-state index contributed by atoms with van der Waals surface area (Å²) in [6, 6.07) is 4.81. The largest absolute Gasteiger partial charge is 0.492 e. The molecule has 4 heteroatoms. The number of hydrogen-bond acceptors (Lipinski definition) is 3. The van der Waals surface area contributed by atoms with E-state index in [-0.39, 0.29) is 11.9 Å². The van der Waals surface area contributed by atoms with Crippen LogP contribution in [0.2, 0.25) is 0 Å². The highest BCUT2D eigenvalue weighted by molar-refractivity contribution is 7.99. The van der Waals surface area contributed by atoms with E-state index in [1.165, 1.54) is 6.07 Å². The Morgan fingerprint density at radius 3 is 2.83 bits per heavy atom. The molecular weight excluding hydrogens is 249 g/mol. The van der Waals surface area contributed by atoms with Crippen molar-refractivity contribution in [1.82, 2.24) is 5.32 Å². The third-order valence-electron chi connectivity index (χ3n) is 2.64. The van der Waals surface area contributed by atoms with E-state index in [0.717, 1.165) is 29.4 Å². The minimum atomic E-state index is -0.218. The second-order valence-corrected chi connectivity index (χ2v) is 5.40. The van der Waals surface area contributed by atoms with Gasteiger partial charge in [0, 0.05) is 17.4 Å². The molecular formula is C14H22FNOS. The lowest BCUT2D eigenvalue weighted by atomic mass is 10.1. The molecule has 0 aliphatic heterocycles. The Labute approximate surface area is 113 Å². The van der Waals surface area contributed by atoms with E-state index in [2.05, 4.69) is 12.2 Å². The average molecular weight is 271 g/mol. The molecule has 0 heterocycles. The van der Waals surface area contributed by atoms with Crippen LogP contribution < -0.4 is 10.1 Å². The summed E-state index contributed by atoms with van der Waals surface area (Å²) in [4.78, 5) is 0. The van der Waals surface area contributed by atoms with Crippen molar-refractivity contribution in [1.29, 1.82) is 0 Å². The van der Waals surface area contributed by atoms with Gasteiger partial charge in [-0.2, -0.15) is 11.8 Å². The molecule has 1 unspecified atom stereocenters. The van der Waals surface area contributed by atoms with Crippen LogP contribution in [0.4, 0.5) is 4.39 Å². The molecule has 0 aliphatic carbocycles. The van der Waals surface area contributed by atoms with Crippen molar-refractivity contribution < 1.29 is 9.13 Å². The van der Waals surface area contributed by atoms with E-state index < -0.39 is 0 Å². The number of ether oxygens (including phenoxy) is 1. The van der Waals surface area contributed by atoms with E-state index >= 15 is 0 Å².